The lowest BCUT2D eigenvalue weighted by atomic mass is 9.63. The van der Waals surface area contributed by atoms with Gasteiger partial charge >= 0.3 is 0 Å². The lowest BCUT2D eigenvalue weighted by Gasteiger charge is -2.42. The Morgan fingerprint density at radius 2 is 0.923 bits per heavy atom. The minimum atomic E-state index is 0.0798. The zero-order chi connectivity index (χ0) is 35.2. The molecule has 5 heteroatoms. The van der Waals surface area contributed by atoms with Crippen LogP contribution in [0.1, 0.15) is 51.7 Å². The lowest BCUT2D eigenvalue weighted by Crippen LogP contribution is -2.33. The molecule has 0 unspecified atom stereocenters. The minimum Gasteiger partial charge on any atom is -0.307 e. The zero-order valence-corrected chi connectivity index (χ0v) is 29.9. The van der Waals surface area contributed by atoms with Crippen LogP contribution in [-0.2, 0) is 10.8 Å². The predicted molar refractivity (Wildman–Crippen MR) is 215 cm³/mol. The van der Waals surface area contributed by atoms with Crippen LogP contribution in [0.2, 0.25) is 0 Å². The summed E-state index contributed by atoms with van der Waals surface area (Å²) in [7, 11) is 0. The van der Waals surface area contributed by atoms with Crippen LogP contribution < -0.4 is 0 Å². The van der Waals surface area contributed by atoms with Crippen LogP contribution in [0, 0.1) is 0 Å². The minimum absolute atomic E-state index is 0.0798. The number of para-hydroxylation sites is 2. The molecule has 0 aliphatic heterocycles. The van der Waals surface area contributed by atoms with E-state index in [0.717, 1.165) is 44.9 Å². The number of hydrogen-bond donors (Lipinski definition) is 0. The average Bonchev–Trinajstić information content (AvgIpc) is 3.70. The SMILES string of the molecule is CC1(C)CCC(C)(C)c2cc(-n3c4ccccc4c4ccc5c6ccccc6n(-c6nc(-c7ccccc7)nc(-c7ccccc7)n6)c5c43)ccc21. The Balaban J connectivity index is 1.36. The summed E-state index contributed by atoms with van der Waals surface area (Å²) in [6.07, 6.45) is 2.35. The van der Waals surface area contributed by atoms with Gasteiger partial charge in [-0.1, -0.05) is 143 Å². The Labute approximate surface area is 303 Å². The molecule has 252 valence electrons. The zero-order valence-electron chi connectivity index (χ0n) is 29.9. The molecule has 0 saturated heterocycles. The van der Waals surface area contributed by atoms with Gasteiger partial charge in [-0.05, 0) is 59.1 Å². The molecule has 1 aliphatic rings. The van der Waals surface area contributed by atoms with Crippen LogP contribution in [-0.4, -0.2) is 24.1 Å². The van der Waals surface area contributed by atoms with Gasteiger partial charge in [0.15, 0.2) is 11.6 Å². The second-order valence-electron chi connectivity index (χ2n) is 15.6. The first kappa shape index (κ1) is 30.7. The average molecular weight is 674 g/mol. The van der Waals surface area contributed by atoms with Gasteiger partial charge in [0, 0.05) is 38.4 Å². The van der Waals surface area contributed by atoms with Gasteiger partial charge in [-0.25, -0.2) is 4.98 Å². The van der Waals surface area contributed by atoms with E-state index in [1.807, 2.05) is 36.4 Å². The third-order valence-electron chi connectivity index (χ3n) is 11.5. The molecule has 0 saturated carbocycles. The normalized spacial score (nSPS) is 15.1. The predicted octanol–water partition coefficient (Wildman–Crippen LogP) is 11.7. The molecule has 0 bridgehead atoms. The monoisotopic (exact) mass is 673 g/mol. The maximum absolute atomic E-state index is 5.26. The molecule has 3 aromatic heterocycles. The van der Waals surface area contributed by atoms with Gasteiger partial charge in [-0.2, -0.15) is 9.97 Å². The van der Waals surface area contributed by atoms with E-state index >= 15 is 0 Å². The summed E-state index contributed by atoms with van der Waals surface area (Å²) in [5.41, 5.74) is 10.6. The molecular formula is C47H39N5. The number of nitrogens with zero attached hydrogens (tertiary/aromatic N) is 5. The van der Waals surface area contributed by atoms with E-state index in [2.05, 4.69) is 140 Å². The summed E-state index contributed by atoms with van der Waals surface area (Å²) < 4.78 is 4.76. The van der Waals surface area contributed by atoms with Crippen LogP contribution in [0.5, 0.6) is 0 Å². The highest BCUT2D eigenvalue weighted by molar-refractivity contribution is 6.23. The van der Waals surface area contributed by atoms with Crippen molar-refractivity contribution in [3.05, 3.63) is 151 Å². The standard InChI is InChI=1S/C47H39N5/c1-46(2)27-28-47(3,4)38-29-32(23-26-37(38)46)51-39-21-13-11-19-33(39)35-24-25-36-34-20-12-14-22-40(34)52(42(36)41(35)51)45-49-43(30-15-7-5-8-16-30)48-44(50-45)31-17-9-6-10-18-31/h5-26,29H,27-28H2,1-4H3. The highest BCUT2D eigenvalue weighted by atomic mass is 15.2. The Kier molecular flexibility index (Phi) is 6.63. The first-order valence-electron chi connectivity index (χ1n) is 18.3. The van der Waals surface area contributed by atoms with Gasteiger partial charge < -0.3 is 4.57 Å². The van der Waals surface area contributed by atoms with Gasteiger partial charge in [0.2, 0.25) is 5.95 Å². The molecule has 9 aromatic rings. The fourth-order valence-electron chi connectivity index (χ4n) is 8.59. The van der Waals surface area contributed by atoms with E-state index in [4.69, 9.17) is 15.0 Å². The van der Waals surface area contributed by atoms with Crippen molar-refractivity contribution in [3.8, 4) is 34.4 Å². The summed E-state index contributed by atoms with van der Waals surface area (Å²) in [5, 5.41) is 4.74. The summed E-state index contributed by atoms with van der Waals surface area (Å²) in [6, 6.07) is 49.7. The van der Waals surface area contributed by atoms with E-state index in [9.17, 15) is 0 Å². The molecule has 0 amide bonds. The molecule has 0 N–H and O–H groups in total. The van der Waals surface area contributed by atoms with Crippen LogP contribution in [0.4, 0.5) is 0 Å². The molecule has 0 atom stereocenters. The van der Waals surface area contributed by atoms with Crippen LogP contribution >= 0.6 is 0 Å². The number of fused-ring (bicyclic) bond motifs is 8. The number of hydrogen-bond acceptors (Lipinski definition) is 3. The maximum atomic E-state index is 5.26. The number of aromatic nitrogens is 5. The molecule has 10 rings (SSSR count). The van der Waals surface area contributed by atoms with Crippen molar-refractivity contribution < 1.29 is 0 Å². The smallest absolute Gasteiger partial charge is 0.238 e. The van der Waals surface area contributed by atoms with Gasteiger partial charge in [0.1, 0.15) is 0 Å². The van der Waals surface area contributed by atoms with Crippen LogP contribution in [0.3, 0.4) is 0 Å². The lowest BCUT2D eigenvalue weighted by molar-refractivity contribution is 0.332. The van der Waals surface area contributed by atoms with Crippen molar-refractivity contribution >= 4 is 43.6 Å². The van der Waals surface area contributed by atoms with Crippen molar-refractivity contribution in [2.45, 2.75) is 51.4 Å². The maximum Gasteiger partial charge on any atom is 0.238 e. The van der Waals surface area contributed by atoms with Gasteiger partial charge in [-0.15, -0.1) is 0 Å². The topological polar surface area (TPSA) is 48.5 Å². The number of benzene rings is 6. The van der Waals surface area contributed by atoms with Crippen LogP contribution in [0.15, 0.2) is 140 Å². The summed E-state index contributed by atoms with van der Waals surface area (Å²) in [4.78, 5) is 15.5. The van der Waals surface area contributed by atoms with Gasteiger partial charge in [0.25, 0.3) is 0 Å². The Hall–Kier alpha value is -6.07. The third-order valence-corrected chi connectivity index (χ3v) is 11.5. The van der Waals surface area contributed by atoms with Gasteiger partial charge in [-0.3, -0.25) is 4.57 Å². The first-order valence-corrected chi connectivity index (χ1v) is 18.3. The third kappa shape index (κ3) is 4.58. The summed E-state index contributed by atoms with van der Waals surface area (Å²) in [5.74, 6) is 1.88. The quantitative estimate of drug-likeness (QED) is 0.187. The molecule has 0 spiro atoms. The van der Waals surface area contributed by atoms with E-state index in [-0.39, 0.29) is 10.8 Å². The molecule has 6 aromatic carbocycles. The molecule has 0 radical (unpaired) electrons. The largest absolute Gasteiger partial charge is 0.307 e. The van der Waals surface area contributed by atoms with Crippen molar-refractivity contribution in [3.63, 3.8) is 0 Å². The van der Waals surface area contributed by atoms with E-state index in [1.165, 1.54) is 39.5 Å². The highest BCUT2D eigenvalue weighted by Gasteiger charge is 2.37. The number of rotatable bonds is 4. The fourth-order valence-corrected chi connectivity index (χ4v) is 8.59. The van der Waals surface area contributed by atoms with E-state index < -0.39 is 0 Å². The van der Waals surface area contributed by atoms with Gasteiger partial charge in [0.05, 0.1) is 22.1 Å². The summed E-state index contributed by atoms with van der Waals surface area (Å²) >= 11 is 0. The Morgan fingerprint density at radius 3 is 1.50 bits per heavy atom. The second kappa shape index (κ2) is 11.2. The molecular weight excluding hydrogens is 635 g/mol. The van der Waals surface area contributed by atoms with E-state index in [0.29, 0.717) is 17.6 Å². The summed E-state index contributed by atoms with van der Waals surface area (Å²) in [6.45, 7) is 9.60. The van der Waals surface area contributed by atoms with Crippen LogP contribution in [0.25, 0.3) is 78.0 Å². The fraction of sp³-hybridized carbons (Fsp3) is 0.170. The van der Waals surface area contributed by atoms with Crippen molar-refractivity contribution in [1.29, 1.82) is 0 Å². The van der Waals surface area contributed by atoms with Crippen molar-refractivity contribution in [1.82, 2.24) is 24.1 Å². The molecule has 1 aliphatic carbocycles. The highest BCUT2D eigenvalue weighted by Crippen LogP contribution is 2.48. The van der Waals surface area contributed by atoms with Crippen molar-refractivity contribution in [2.75, 3.05) is 0 Å². The first-order chi connectivity index (χ1) is 25.3. The van der Waals surface area contributed by atoms with E-state index in [1.54, 1.807) is 0 Å². The second-order valence-corrected chi connectivity index (χ2v) is 15.6. The Bertz CT molecular complexity index is 2780. The molecule has 3 heterocycles. The molecule has 0 fully saturated rings. The molecule has 5 nitrogen and oxygen atoms in total. The van der Waals surface area contributed by atoms with Crippen molar-refractivity contribution in [2.24, 2.45) is 0 Å². The molecule has 52 heavy (non-hydrogen) atoms. The Morgan fingerprint density at radius 1 is 0.442 bits per heavy atom.